The topological polar surface area (TPSA) is 81.1 Å². The first-order valence-electron chi connectivity index (χ1n) is 8.41. The Hall–Kier alpha value is -2.45. The number of ketones is 1. The van der Waals surface area contributed by atoms with Crippen molar-refractivity contribution in [3.8, 4) is 0 Å². The molecule has 0 saturated carbocycles. The van der Waals surface area contributed by atoms with Crippen molar-refractivity contribution in [2.75, 3.05) is 11.6 Å². The van der Waals surface area contributed by atoms with Gasteiger partial charge in [-0.25, -0.2) is 4.98 Å². The van der Waals surface area contributed by atoms with Crippen LogP contribution in [0.15, 0.2) is 40.3 Å². The van der Waals surface area contributed by atoms with E-state index < -0.39 is 0 Å². The highest BCUT2D eigenvalue weighted by Crippen LogP contribution is 2.24. The standard InChI is InChI=1S/C19H19N3O3S2/c1-4-14-9-15-17(27-14)21-19(26-3)22(18(15)25)10-16(24)12-5-7-13(8-6-12)20-11(2)23/h5-9H,4,10H2,1-3H3,(H,20,23). The van der Waals surface area contributed by atoms with Crippen molar-refractivity contribution < 1.29 is 9.59 Å². The van der Waals surface area contributed by atoms with Crippen molar-refractivity contribution >= 4 is 50.7 Å². The number of carbonyl (C=O) groups is 2. The number of nitrogens with one attached hydrogen (secondary N) is 1. The molecule has 0 atom stereocenters. The van der Waals surface area contributed by atoms with Crippen molar-refractivity contribution in [1.82, 2.24) is 9.55 Å². The zero-order chi connectivity index (χ0) is 19.6. The molecule has 2 aromatic heterocycles. The minimum Gasteiger partial charge on any atom is -0.326 e. The fourth-order valence-corrected chi connectivity index (χ4v) is 4.26. The van der Waals surface area contributed by atoms with E-state index in [1.165, 1.54) is 34.6 Å². The smallest absolute Gasteiger partial charge is 0.263 e. The molecule has 3 rings (SSSR count). The van der Waals surface area contributed by atoms with Crippen LogP contribution in [0.2, 0.25) is 0 Å². The number of thiophene rings is 1. The molecule has 0 fully saturated rings. The van der Waals surface area contributed by atoms with E-state index in [0.717, 1.165) is 11.3 Å². The summed E-state index contributed by atoms with van der Waals surface area (Å²) in [5.74, 6) is -0.360. The van der Waals surface area contributed by atoms with Crippen LogP contribution in [-0.2, 0) is 17.8 Å². The maximum Gasteiger partial charge on any atom is 0.263 e. The summed E-state index contributed by atoms with van der Waals surface area (Å²) in [6.07, 6.45) is 2.68. The molecular weight excluding hydrogens is 382 g/mol. The van der Waals surface area contributed by atoms with Gasteiger partial charge in [0, 0.05) is 23.1 Å². The lowest BCUT2D eigenvalue weighted by Gasteiger charge is -2.10. The number of Topliss-reactive ketones (excluding diaryl/α,β-unsaturated/α-hetero) is 1. The van der Waals surface area contributed by atoms with Gasteiger partial charge in [-0.2, -0.15) is 0 Å². The van der Waals surface area contributed by atoms with Crippen LogP contribution >= 0.6 is 23.1 Å². The van der Waals surface area contributed by atoms with E-state index in [2.05, 4.69) is 10.3 Å². The molecule has 0 aliphatic rings. The normalized spacial score (nSPS) is 10.9. The van der Waals surface area contributed by atoms with Gasteiger partial charge in [0.15, 0.2) is 10.9 Å². The predicted molar refractivity (Wildman–Crippen MR) is 110 cm³/mol. The Kier molecular flexibility index (Phi) is 5.76. The van der Waals surface area contributed by atoms with Crippen molar-refractivity contribution in [2.24, 2.45) is 0 Å². The molecule has 0 aliphatic heterocycles. The number of hydrogen-bond donors (Lipinski definition) is 1. The molecule has 0 saturated heterocycles. The lowest BCUT2D eigenvalue weighted by Crippen LogP contribution is -2.26. The predicted octanol–water partition coefficient (Wildman–Crippen LogP) is 3.58. The summed E-state index contributed by atoms with van der Waals surface area (Å²) in [6.45, 7) is 3.38. The molecule has 27 heavy (non-hydrogen) atoms. The van der Waals surface area contributed by atoms with Gasteiger partial charge in [0.2, 0.25) is 5.91 Å². The van der Waals surface area contributed by atoms with E-state index in [-0.39, 0.29) is 23.8 Å². The van der Waals surface area contributed by atoms with Gasteiger partial charge in [0.05, 0.1) is 11.9 Å². The molecule has 1 N–H and O–H groups in total. The average Bonchev–Trinajstić information content (AvgIpc) is 3.07. The first-order chi connectivity index (χ1) is 12.9. The summed E-state index contributed by atoms with van der Waals surface area (Å²) in [4.78, 5) is 43.0. The zero-order valence-electron chi connectivity index (χ0n) is 15.2. The SMILES string of the molecule is CCc1cc2c(=O)n(CC(=O)c3ccc(NC(C)=O)cc3)c(SC)nc2s1. The van der Waals surface area contributed by atoms with Gasteiger partial charge < -0.3 is 5.32 Å². The Morgan fingerprint density at radius 2 is 1.96 bits per heavy atom. The lowest BCUT2D eigenvalue weighted by atomic mass is 10.1. The molecule has 8 heteroatoms. The Balaban J connectivity index is 1.93. The second kappa shape index (κ2) is 8.06. The second-order valence-corrected chi connectivity index (χ2v) is 7.85. The number of nitrogens with zero attached hydrogens (tertiary/aromatic N) is 2. The maximum absolute atomic E-state index is 12.9. The number of benzene rings is 1. The molecule has 3 aromatic rings. The van der Waals surface area contributed by atoms with E-state index in [9.17, 15) is 14.4 Å². The monoisotopic (exact) mass is 401 g/mol. The minimum absolute atomic E-state index is 0.0747. The quantitative estimate of drug-likeness (QED) is 0.388. The number of aromatic nitrogens is 2. The average molecular weight is 402 g/mol. The summed E-state index contributed by atoms with van der Waals surface area (Å²) in [5.41, 5.74) is 0.903. The molecular formula is C19H19N3O3S2. The number of hydrogen-bond acceptors (Lipinski definition) is 6. The third-order valence-corrected chi connectivity index (χ3v) is 5.88. The minimum atomic E-state index is -0.191. The van der Waals surface area contributed by atoms with Crippen LogP contribution in [-0.4, -0.2) is 27.5 Å². The summed E-state index contributed by atoms with van der Waals surface area (Å²) >= 11 is 2.86. The van der Waals surface area contributed by atoms with E-state index in [0.29, 0.717) is 26.6 Å². The summed E-state index contributed by atoms with van der Waals surface area (Å²) < 4.78 is 1.43. The molecule has 6 nitrogen and oxygen atoms in total. The van der Waals surface area contributed by atoms with Crippen LogP contribution in [0.4, 0.5) is 5.69 Å². The number of thioether (sulfide) groups is 1. The summed E-state index contributed by atoms with van der Waals surface area (Å²) in [7, 11) is 0. The Morgan fingerprint density at radius 1 is 1.26 bits per heavy atom. The molecule has 0 spiro atoms. The number of aryl methyl sites for hydroxylation is 1. The lowest BCUT2D eigenvalue weighted by molar-refractivity contribution is -0.114. The molecule has 0 bridgehead atoms. The fraction of sp³-hybridized carbons (Fsp3) is 0.263. The summed E-state index contributed by atoms with van der Waals surface area (Å²) in [6, 6.07) is 8.48. The largest absolute Gasteiger partial charge is 0.326 e. The number of carbonyl (C=O) groups excluding carboxylic acids is 2. The van der Waals surface area contributed by atoms with Crippen molar-refractivity contribution in [3.63, 3.8) is 0 Å². The Morgan fingerprint density at radius 3 is 2.56 bits per heavy atom. The molecule has 1 aromatic carbocycles. The Bertz CT molecular complexity index is 1070. The number of amides is 1. The highest BCUT2D eigenvalue weighted by atomic mass is 32.2. The van der Waals surface area contributed by atoms with Gasteiger partial charge >= 0.3 is 0 Å². The van der Waals surface area contributed by atoms with Gasteiger partial charge in [-0.15, -0.1) is 11.3 Å². The molecule has 0 unspecified atom stereocenters. The van der Waals surface area contributed by atoms with E-state index in [4.69, 9.17) is 0 Å². The van der Waals surface area contributed by atoms with Crippen molar-refractivity contribution in [3.05, 3.63) is 51.1 Å². The van der Waals surface area contributed by atoms with Crippen LogP contribution in [0.3, 0.4) is 0 Å². The van der Waals surface area contributed by atoms with Gasteiger partial charge in [-0.3, -0.25) is 19.0 Å². The zero-order valence-corrected chi connectivity index (χ0v) is 16.9. The van der Waals surface area contributed by atoms with Gasteiger partial charge in [0.1, 0.15) is 4.83 Å². The molecule has 0 radical (unpaired) electrons. The molecule has 140 valence electrons. The number of fused-ring (bicyclic) bond motifs is 1. The first kappa shape index (κ1) is 19.3. The third kappa shape index (κ3) is 4.12. The van der Waals surface area contributed by atoms with Crippen molar-refractivity contribution in [2.45, 2.75) is 32.0 Å². The van der Waals surface area contributed by atoms with E-state index in [1.54, 1.807) is 24.3 Å². The number of rotatable bonds is 6. The third-order valence-electron chi connectivity index (χ3n) is 4.03. The fourth-order valence-electron chi connectivity index (χ4n) is 2.69. The highest BCUT2D eigenvalue weighted by Gasteiger charge is 2.16. The maximum atomic E-state index is 12.9. The first-order valence-corrected chi connectivity index (χ1v) is 10.4. The van der Waals surface area contributed by atoms with Crippen LogP contribution in [0.1, 0.15) is 29.1 Å². The highest BCUT2D eigenvalue weighted by molar-refractivity contribution is 7.98. The molecule has 1 amide bonds. The van der Waals surface area contributed by atoms with E-state index >= 15 is 0 Å². The Labute approximate surface area is 164 Å². The van der Waals surface area contributed by atoms with Crippen molar-refractivity contribution in [1.29, 1.82) is 0 Å². The van der Waals surface area contributed by atoms with Gasteiger partial charge in [-0.1, -0.05) is 18.7 Å². The van der Waals surface area contributed by atoms with Crippen LogP contribution in [0.25, 0.3) is 10.2 Å². The molecule has 0 aliphatic carbocycles. The van der Waals surface area contributed by atoms with Crippen LogP contribution in [0.5, 0.6) is 0 Å². The molecule has 2 heterocycles. The van der Waals surface area contributed by atoms with Crippen LogP contribution in [0, 0.1) is 0 Å². The number of anilines is 1. The summed E-state index contributed by atoms with van der Waals surface area (Å²) in [5, 5.41) is 3.75. The second-order valence-electron chi connectivity index (χ2n) is 5.96. The van der Waals surface area contributed by atoms with Crippen LogP contribution < -0.4 is 10.9 Å². The van der Waals surface area contributed by atoms with Gasteiger partial charge in [-0.05, 0) is 43.0 Å². The van der Waals surface area contributed by atoms with E-state index in [1.807, 2.05) is 19.2 Å². The van der Waals surface area contributed by atoms with Gasteiger partial charge in [0.25, 0.3) is 5.56 Å².